The van der Waals surface area contributed by atoms with Gasteiger partial charge in [-0.1, -0.05) is 47.6 Å². The van der Waals surface area contributed by atoms with Gasteiger partial charge in [-0.15, -0.1) is 10.2 Å². The monoisotopic (exact) mass is 463 g/mol. The van der Waals surface area contributed by atoms with Crippen LogP contribution in [0.5, 0.6) is 0 Å². The maximum absolute atomic E-state index is 12.9. The van der Waals surface area contributed by atoms with E-state index in [1.807, 2.05) is 73.9 Å². The van der Waals surface area contributed by atoms with Crippen molar-refractivity contribution >= 4 is 35.0 Å². The van der Waals surface area contributed by atoms with Gasteiger partial charge in [0.05, 0.1) is 10.9 Å². The minimum Gasteiger partial charge on any atom is -0.325 e. The number of carbonyl (C=O) groups excluding carboxylic acids is 1. The number of aromatic nitrogens is 4. The lowest BCUT2D eigenvalue weighted by molar-refractivity contribution is -0.115. The number of rotatable bonds is 6. The molecule has 1 unspecified atom stereocenters. The van der Waals surface area contributed by atoms with Crippen LogP contribution in [0, 0.1) is 13.8 Å². The zero-order valence-corrected chi connectivity index (χ0v) is 19.5. The summed E-state index contributed by atoms with van der Waals surface area (Å²) < 4.78 is 1.98. The van der Waals surface area contributed by atoms with E-state index in [9.17, 15) is 4.79 Å². The standard InChI is InChI=1S/C24H22ClN5OS/c1-15-8-4-5-12-21(15)30-22(18-9-7-13-26-14-18)28-29-24(30)32-17(3)23(31)27-20-11-6-10-19(25)16(20)2/h4-14,17H,1-3H3,(H,27,31). The molecular formula is C24H22ClN5OS. The molecule has 162 valence electrons. The Bertz CT molecular complexity index is 1260. The molecule has 0 bridgehead atoms. The van der Waals surface area contributed by atoms with Crippen molar-refractivity contribution in [2.75, 3.05) is 5.32 Å². The molecule has 1 atom stereocenters. The number of nitrogens with zero attached hydrogens (tertiary/aromatic N) is 4. The predicted molar refractivity (Wildman–Crippen MR) is 129 cm³/mol. The third-order valence-electron chi connectivity index (χ3n) is 5.09. The molecule has 0 saturated carbocycles. The number of anilines is 1. The molecule has 1 amide bonds. The van der Waals surface area contributed by atoms with Crippen LogP contribution < -0.4 is 5.32 Å². The van der Waals surface area contributed by atoms with E-state index in [4.69, 9.17) is 11.6 Å². The second kappa shape index (κ2) is 9.54. The molecule has 2 aromatic carbocycles. The van der Waals surface area contributed by atoms with Gasteiger partial charge in [-0.2, -0.15) is 0 Å². The molecule has 4 aromatic rings. The molecule has 2 aromatic heterocycles. The average Bonchev–Trinajstić information content (AvgIpc) is 3.21. The van der Waals surface area contributed by atoms with Crippen LogP contribution in [0.3, 0.4) is 0 Å². The number of aryl methyl sites for hydroxylation is 1. The molecule has 1 N–H and O–H groups in total. The molecule has 8 heteroatoms. The Morgan fingerprint density at radius 3 is 2.62 bits per heavy atom. The number of amides is 1. The second-order valence-electron chi connectivity index (χ2n) is 7.33. The van der Waals surface area contributed by atoms with Crippen LogP contribution >= 0.6 is 23.4 Å². The van der Waals surface area contributed by atoms with Crippen molar-refractivity contribution in [3.8, 4) is 17.1 Å². The molecular weight excluding hydrogens is 442 g/mol. The van der Waals surface area contributed by atoms with E-state index in [1.165, 1.54) is 11.8 Å². The van der Waals surface area contributed by atoms with Crippen LogP contribution in [-0.4, -0.2) is 30.9 Å². The molecule has 4 rings (SSSR count). The van der Waals surface area contributed by atoms with Gasteiger partial charge in [0.2, 0.25) is 5.91 Å². The fourth-order valence-electron chi connectivity index (χ4n) is 3.25. The van der Waals surface area contributed by atoms with Gasteiger partial charge in [-0.05, 0) is 62.2 Å². The summed E-state index contributed by atoms with van der Waals surface area (Å²) in [5.41, 5.74) is 4.41. The van der Waals surface area contributed by atoms with Crippen molar-refractivity contribution in [3.63, 3.8) is 0 Å². The smallest absolute Gasteiger partial charge is 0.237 e. The van der Waals surface area contributed by atoms with E-state index in [0.717, 1.165) is 22.4 Å². The van der Waals surface area contributed by atoms with Crippen molar-refractivity contribution < 1.29 is 4.79 Å². The molecule has 6 nitrogen and oxygen atoms in total. The number of halogens is 1. The number of carbonyl (C=O) groups is 1. The molecule has 0 spiro atoms. The SMILES string of the molecule is Cc1ccccc1-n1c(SC(C)C(=O)Nc2cccc(Cl)c2C)nnc1-c1cccnc1. The van der Waals surface area contributed by atoms with Crippen molar-refractivity contribution in [2.45, 2.75) is 31.2 Å². The van der Waals surface area contributed by atoms with Crippen LogP contribution in [-0.2, 0) is 4.79 Å². The van der Waals surface area contributed by atoms with E-state index < -0.39 is 5.25 Å². The van der Waals surface area contributed by atoms with E-state index in [1.54, 1.807) is 18.5 Å². The fourth-order valence-corrected chi connectivity index (χ4v) is 4.28. The maximum Gasteiger partial charge on any atom is 0.237 e. The highest BCUT2D eigenvalue weighted by Crippen LogP contribution is 2.32. The Balaban J connectivity index is 1.66. The first-order valence-corrected chi connectivity index (χ1v) is 11.4. The van der Waals surface area contributed by atoms with E-state index in [2.05, 4.69) is 20.5 Å². The Hall–Kier alpha value is -3.16. The van der Waals surface area contributed by atoms with Crippen molar-refractivity contribution in [1.29, 1.82) is 0 Å². The Morgan fingerprint density at radius 1 is 1.06 bits per heavy atom. The number of hydrogen-bond donors (Lipinski definition) is 1. The van der Waals surface area contributed by atoms with Crippen molar-refractivity contribution in [3.05, 3.63) is 83.1 Å². The van der Waals surface area contributed by atoms with E-state index in [0.29, 0.717) is 21.7 Å². The summed E-state index contributed by atoms with van der Waals surface area (Å²) >= 11 is 7.54. The highest BCUT2D eigenvalue weighted by atomic mass is 35.5. The first-order chi connectivity index (χ1) is 15.5. The molecule has 0 radical (unpaired) electrons. The van der Waals surface area contributed by atoms with Gasteiger partial charge < -0.3 is 5.32 Å². The summed E-state index contributed by atoms with van der Waals surface area (Å²) in [5.74, 6) is 0.538. The summed E-state index contributed by atoms with van der Waals surface area (Å²) in [6.07, 6.45) is 3.48. The van der Waals surface area contributed by atoms with Crippen LogP contribution in [0.1, 0.15) is 18.1 Å². The molecule has 0 aliphatic heterocycles. The van der Waals surface area contributed by atoms with Crippen LogP contribution in [0.2, 0.25) is 5.02 Å². The van der Waals surface area contributed by atoms with Gasteiger partial charge in [0.15, 0.2) is 11.0 Å². The van der Waals surface area contributed by atoms with Gasteiger partial charge in [0.25, 0.3) is 0 Å². The summed E-state index contributed by atoms with van der Waals surface area (Å²) in [6.45, 7) is 5.76. The first kappa shape index (κ1) is 22.0. The normalized spacial score (nSPS) is 11.9. The number of nitrogens with one attached hydrogen (secondary N) is 1. The molecule has 0 fully saturated rings. The number of hydrogen-bond acceptors (Lipinski definition) is 5. The molecule has 0 saturated heterocycles. The Kier molecular flexibility index (Phi) is 6.58. The number of benzene rings is 2. The van der Waals surface area contributed by atoms with Gasteiger partial charge in [0.1, 0.15) is 0 Å². The minimum absolute atomic E-state index is 0.136. The minimum atomic E-state index is -0.415. The molecule has 0 aliphatic carbocycles. The summed E-state index contributed by atoms with van der Waals surface area (Å²) in [7, 11) is 0. The van der Waals surface area contributed by atoms with Crippen LogP contribution in [0.25, 0.3) is 17.1 Å². The van der Waals surface area contributed by atoms with Gasteiger partial charge >= 0.3 is 0 Å². The molecule has 32 heavy (non-hydrogen) atoms. The summed E-state index contributed by atoms with van der Waals surface area (Å²) in [4.78, 5) is 17.1. The van der Waals surface area contributed by atoms with E-state index >= 15 is 0 Å². The zero-order chi connectivity index (χ0) is 22.7. The average molecular weight is 464 g/mol. The highest BCUT2D eigenvalue weighted by Gasteiger charge is 2.23. The van der Waals surface area contributed by atoms with E-state index in [-0.39, 0.29) is 5.91 Å². The Morgan fingerprint density at radius 2 is 1.88 bits per heavy atom. The second-order valence-corrected chi connectivity index (χ2v) is 9.05. The van der Waals surface area contributed by atoms with Crippen molar-refractivity contribution in [1.82, 2.24) is 19.7 Å². The quantitative estimate of drug-likeness (QED) is 0.370. The van der Waals surface area contributed by atoms with Crippen molar-refractivity contribution in [2.24, 2.45) is 0 Å². The van der Waals surface area contributed by atoms with Crippen LogP contribution in [0.4, 0.5) is 5.69 Å². The lowest BCUT2D eigenvalue weighted by Crippen LogP contribution is -2.23. The fraction of sp³-hybridized carbons (Fsp3) is 0.167. The van der Waals surface area contributed by atoms with Crippen LogP contribution in [0.15, 0.2) is 72.1 Å². The number of para-hydroxylation sites is 1. The summed E-state index contributed by atoms with van der Waals surface area (Å²) in [5, 5.41) is 12.6. The van der Waals surface area contributed by atoms with Gasteiger partial charge in [0, 0.05) is 28.7 Å². The first-order valence-electron chi connectivity index (χ1n) is 10.1. The predicted octanol–water partition coefficient (Wildman–Crippen LogP) is 5.72. The Labute approximate surface area is 196 Å². The zero-order valence-electron chi connectivity index (χ0n) is 17.9. The summed E-state index contributed by atoms with van der Waals surface area (Å²) in [6, 6.07) is 17.3. The number of thioether (sulfide) groups is 1. The largest absolute Gasteiger partial charge is 0.325 e. The maximum atomic E-state index is 12.9. The van der Waals surface area contributed by atoms with Gasteiger partial charge in [-0.25, -0.2) is 0 Å². The third kappa shape index (κ3) is 4.54. The number of pyridine rings is 1. The molecule has 2 heterocycles. The highest BCUT2D eigenvalue weighted by molar-refractivity contribution is 8.00. The third-order valence-corrected chi connectivity index (χ3v) is 6.54. The topological polar surface area (TPSA) is 72.7 Å². The van der Waals surface area contributed by atoms with Gasteiger partial charge in [-0.3, -0.25) is 14.3 Å². The lowest BCUT2D eigenvalue weighted by Gasteiger charge is -2.16. The molecule has 0 aliphatic rings. The lowest BCUT2D eigenvalue weighted by atomic mass is 10.2.